The molecule has 2 aliphatic rings. The minimum Gasteiger partial charge on any atom is -0.355 e. The van der Waals surface area contributed by atoms with Gasteiger partial charge in [-0.1, -0.05) is 12.1 Å². The molecule has 0 bridgehead atoms. The lowest BCUT2D eigenvalue weighted by Gasteiger charge is -2.28. The predicted molar refractivity (Wildman–Crippen MR) is 92.8 cm³/mol. The fourth-order valence-electron chi connectivity index (χ4n) is 3.06. The lowest BCUT2D eigenvalue weighted by atomic mass is 10.2. The second-order valence-corrected chi connectivity index (χ2v) is 7.01. The number of nitrogens with zero attached hydrogens (tertiary/aromatic N) is 2. The molecule has 0 saturated carbocycles. The Hall–Kier alpha value is -1.53. The summed E-state index contributed by atoms with van der Waals surface area (Å²) in [4.78, 5) is 29.4. The highest BCUT2D eigenvalue weighted by Crippen LogP contribution is 2.34. The number of carbonyl (C=O) groups excluding carboxylic acids is 2. The van der Waals surface area contributed by atoms with Gasteiger partial charge in [-0.25, -0.2) is 0 Å². The molecule has 0 spiro atoms. The van der Waals surface area contributed by atoms with Gasteiger partial charge in [0, 0.05) is 11.4 Å². The molecule has 0 aliphatic carbocycles. The second-order valence-electron chi connectivity index (χ2n) is 5.99. The van der Waals surface area contributed by atoms with Crippen molar-refractivity contribution in [3.8, 4) is 0 Å². The maximum atomic E-state index is 12.1. The van der Waals surface area contributed by atoms with Crippen LogP contribution in [0, 0.1) is 0 Å². The van der Waals surface area contributed by atoms with Crippen molar-refractivity contribution in [1.29, 1.82) is 0 Å². The third kappa shape index (κ3) is 4.26. The van der Waals surface area contributed by atoms with E-state index in [-0.39, 0.29) is 18.4 Å². The molecule has 1 aromatic rings. The Morgan fingerprint density at radius 1 is 1.22 bits per heavy atom. The third-order valence-electron chi connectivity index (χ3n) is 4.28. The summed E-state index contributed by atoms with van der Waals surface area (Å²) in [5.74, 6) is 0.321. The number of para-hydroxylation sites is 1. The molecule has 5 nitrogen and oxygen atoms in total. The number of thioether (sulfide) groups is 1. The number of amides is 2. The molecule has 23 heavy (non-hydrogen) atoms. The van der Waals surface area contributed by atoms with E-state index in [9.17, 15) is 9.59 Å². The van der Waals surface area contributed by atoms with E-state index < -0.39 is 0 Å². The van der Waals surface area contributed by atoms with Gasteiger partial charge in [-0.3, -0.25) is 9.59 Å². The normalized spacial score (nSPS) is 18.1. The first kappa shape index (κ1) is 16.3. The van der Waals surface area contributed by atoms with E-state index in [1.807, 2.05) is 24.3 Å². The fourth-order valence-corrected chi connectivity index (χ4v) is 4.00. The summed E-state index contributed by atoms with van der Waals surface area (Å²) in [5, 5.41) is 2.94. The summed E-state index contributed by atoms with van der Waals surface area (Å²) in [6.45, 7) is 4.20. The average Bonchev–Trinajstić information content (AvgIpc) is 3.08. The molecule has 2 heterocycles. The Kier molecular flexibility index (Phi) is 5.56. The van der Waals surface area contributed by atoms with Crippen molar-refractivity contribution < 1.29 is 9.59 Å². The molecule has 0 atom stereocenters. The number of hydrogen-bond acceptors (Lipinski definition) is 4. The first-order valence-corrected chi connectivity index (χ1v) is 9.24. The molecule has 1 saturated heterocycles. The van der Waals surface area contributed by atoms with E-state index in [0.717, 1.165) is 23.5 Å². The lowest BCUT2D eigenvalue weighted by molar-refractivity contribution is -0.123. The zero-order chi connectivity index (χ0) is 16.1. The van der Waals surface area contributed by atoms with Crippen LogP contribution in [0.5, 0.6) is 0 Å². The third-order valence-corrected chi connectivity index (χ3v) is 5.33. The molecular weight excluding hydrogens is 310 g/mol. The topological polar surface area (TPSA) is 52.7 Å². The largest absolute Gasteiger partial charge is 0.355 e. The number of hydrogen-bond donors (Lipinski definition) is 1. The van der Waals surface area contributed by atoms with Crippen LogP contribution in [0.15, 0.2) is 29.2 Å². The van der Waals surface area contributed by atoms with E-state index in [2.05, 4.69) is 10.2 Å². The summed E-state index contributed by atoms with van der Waals surface area (Å²) >= 11 is 1.53. The van der Waals surface area contributed by atoms with Gasteiger partial charge in [0.1, 0.15) is 6.54 Å². The average molecular weight is 333 g/mol. The van der Waals surface area contributed by atoms with Crippen LogP contribution in [0.25, 0.3) is 0 Å². The summed E-state index contributed by atoms with van der Waals surface area (Å²) in [6, 6.07) is 7.75. The van der Waals surface area contributed by atoms with Gasteiger partial charge in [0.25, 0.3) is 0 Å². The van der Waals surface area contributed by atoms with Crippen LogP contribution in [0.3, 0.4) is 0 Å². The van der Waals surface area contributed by atoms with Crippen molar-refractivity contribution in [1.82, 2.24) is 10.2 Å². The van der Waals surface area contributed by atoms with Crippen LogP contribution in [0.2, 0.25) is 0 Å². The molecular formula is C17H23N3O2S. The maximum Gasteiger partial charge on any atom is 0.240 e. The fraction of sp³-hybridized carbons (Fsp3) is 0.529. The van der Waals surface area contributed by atoms with Gasteiger partial charge < -0.3 is 15.1 Å². The van der Waals surface area contributed by atoms with Gasteiger partial charge >= 0.3 is 0 Å². The molecule has 0 unspecified atom stereocenters. The van der Waals surface area contributed by atoms with E-state index in [1.54, 1.807) is 4.90 Å². The Balaban J connectivity index is 1.46. The molecule has 124 valence electrons. The SMILES string of the molecule is O=C(CN1C(=O)CSc2ccccc21)NCCCN1CCCC1. The standard InChI is InChI=1S/C17H23N3O2S/c21-16(18-8-5-11-19-9-3-4-10-19)12-20-14-6-1-2-7-15(14)23-13-17(20)22/h1-2,6-7H,3-5,8-13H2,(H,18,21). The molecule has 1 N–H and O–H groups in total. The molecule has 1 fully saturated rings. The smallest absolute Gasteiger partial charge is 0.240 e. The van der Waals surface area contributed by atoms with Gasteiger partial charge in [-0.2, -0.15) is 0 Å². The molecule has 3 rings (SSSR count). The first-order valence-electron chi connectivity index (χ1n) is 8.25. The Labute approximate surface area is 141 Å². The minimum absolute atomic E-state index is 0.000849. The highest BCUT2D eigenvalue weighted by molar-refractivity contribution is 8.00. The first-order chi connectivity index (χ1) is 11.2. The molecule has 2 amide bonds. The quantitative estimate of drug-likeness (QED) is 0.806. The maximum absolute atomic E-state index is 12.1. The zero-order valence-electron chi connectivity index (χ0n) is 13.3. The van der Waals surface area contributed by atoms with E-state index >= 15 is 0 Å². The lowest BCUT2D eigenvalue weighted by Crippen LogP contribution is -2.43. The minimum atomic E-state index is -0.0820. The van der Waals surface area contributed by atoms with Crippen molar-refractivity contribution in [2.24, 2.45) is 0 Å². The van der Waals surface area contributed by atoms with Crippen LogP contribution < -0.4 is 10.2 Å². The van der Waals surface area contributed by atoms with Crippen molar-refractivity contribution in [2.75, 3.05) is 43.4 Å². The van der Waals surface area contributed by atoms with Gasteiger partial charge in [0.2, 0.25) is 11.8 Å². The van der Waals surface area contributed by atoms with Crippen LogP contribution in [0.4, 0.5) is 5.69 Å². The highest BCUT2D eigenvalue weighted by atomic mass is 32.2. The number of benzene rings is 1. The number of rotatable bonds is 6. The number of nitrogens with one attached hydrogen (secondary N) is 1. The predicted octanol–water partition coefficient (Wildman–Crippen LogP) is 1.73. The molecule has 2 aliphatic heterocycles. The van der Waals surface area contributed by atoms with Crippen LogP contribution >= 0.6 is 11.8 Å². The number of carbonyl (C=O) groups is 2. The van der Waals surface area contributed by atoms with Crippen LogP contribution in [-0.4, -0.2) is 55.2 Å². The van der Waals surface area contributed by atoms with Crippen molar-refractivity contribution in [3.63, 3.8) is 0 Å². The molecule has 0 aromatic heterocycles. The van der Waals surface area contributed by atoms with Gasteiger partial charge in [-0.15, -0.1) is 11.8 Å². The van der Waals surface area contributed by atoms with E-state index in [0.29, 0.717) is 12.3 Å². The summed E-state index contributed by atoms with van der Waals surface area (Å²) in [7, 11) is 0. The van der Waals surface area contributed by atoms with Gasteiger partial charge in [-0.05, 0) is 51.0 Å². The van der Waals surface area contributed by atoms with Gasteiger partial charge in [0.15, 0.2) is 0 Å². The van der Waals surface area contributed by atoms with Crippen LogP contribution in [-0.2, 0) is 9.59 Å². The summed E-state index contributed by atoms with van der Waals surface area (Å²) in [6.07, 6.45) is 3.55. The van der Waals surface area contributed by atoms with Crippen molar-refractivity contribution >= 4 is 29.3 Å². The monoisotopic (exact) mass is 333 g/mol. The number of anilines is 1. The Morgan fingerprint density at radius 3 is 2.83 bits per heavy atom. The Morgan fingerprint density at radius 2 is 2.00 bits per heavy atom. The second kappa shape index (κ2) is 7.84. The summed E-state index contributed by atoms with van der Waals surface area (Å²) in [5.41, 5.74) is 0.848. The number of fused-ring (bicyclic) bond motifs is 1. The highest BCUT2D eigenvalue weighted by Gasteiger charge is 2.25. The van der Waals surface area contributed by atoms with E-state index in [4.69, 9.17) is 0 Å². The van der Waals surface area contributed by atoms with Crippen molar-refractivity contribution in [2.45, 2.75) is 24.2 Å². The van der Waals surface area contributed by atoms with Crippen molar-refractivity contribution in [3.05, 3.63) is 24.3 Å². The Bertz CT molecular complexity index is 573. The molecule has 1 aromatic carbocycles. The molecule has 6 heteroatoms. The zero-order valence-corrected chi connectivity index (χ0v) is 14.1. The van der Waals surface area contributed by atoms with E-state index in [1.165, 1.54) is 37.7 Å². The number of likely N-dealkylation sites (tertiary alicyclic amines) is 1. The van der Waals surface area contributed by atoms with Gasteiger partial charge in [0.05, 0.1) is 11.4 Å². The van der Waals surface area contributed by atoms with Crippen LogP contribution in [0.1, 0.15) is 19.3 Å². The summed E-state index contributed by atoms with van der Waals surface area (Å²) < 4.78 is 0. The molecule has 0 radical (unpaired) electrons.